The van der Waals surface area contributed by atoms with Crippen molar-refractivity contribution in [1.82, 2.24) is 9.88 Å². The highest BCUT2D eigenvalue weighted by atomic mass is 28.3. The van der Waals surface area contributed by atoms with Crippen LogP contribution in [0.15, 0.2) is 30.3 Å². The van der Waals surface area contributed by atoms with E-state index < -0.39 is 8.96 Å². The summed E-state index contributed by atoms with van der Waals surface area (Å²) in [5.74, 6) is 0. The van der Waals surface area contributed by atoms with E-state index in [9.17, 15) is 0 Å². The van der Waals surface area contributed by atoms with Crippen molar-refractivity contribution < 1.29 is 0 Å². The molecule has 18 heavy (non-hydrogen) atoms. The van der Waals surface area contributed by atoms with Crippen molar-refractivity contribution in [2.24, 2.45) is 0 Å². The summed E-state index contributed by atoms with van der Waals surface area (Å²) < 4.78 is 0. The molecule has 1 atom stereocenters. The van der Waals surface area contributed by atoms with Crippen molar-refractivity contribution >= 4 is 14.1 Å². The van der Waals surface area contributed by atoms with Gasteiger partial charge in [0.15, 0.2) is 0 Å². The summed E-state index contributed by atoms with van der Waals surface area (Å²) in [7, 11) is -1.16. The number of nitrogens with zero attached hydrogens (tertiary/aromatic N) is 1. The predicted octanol–water partition coefficient (Wildman–Crippen LogP) is 2.31. The van der Waals surface area contributed by atoms with Crippen LogP contribution >= 0.6 is 0 Å². The van der Waals surface area contributed by atoms with Crippen LogP contribution in [0.5, 0.6) is 0 Å². The Labute approximate surface area is 114 Å². The molecule has 0 aliphatic heterocycles. The van der Waals surface area contributed by atoms with Gasteiger partial charge in [-0.2, -0.15) is 0 Å². The molecule has 1 N–H and O–H groups in total. The first-order valence-corrected chi connectivity index (χ1v) is 8.73. The maximum atomic E-state index is 3.84. The van der Waals surface area contributed by atoms with Crippen LogP contribution in [-0.2, 0) is 0 Å². The molecular formula is C15H28N2Si. The highest BCUT2D eigenvalue weighted by Gasteiger charge is 2.27. The first-order valence-electron chi connectivity index (χ1n) is 6.99. The molecule has 1 rings (SSSR count). The van der Waals surface area contributed by atoms with E-state index in [1.54, 1.807) is 0 Å². The number of hydrogen-bond donors (Lipinski definition) is 1. The molecule has 0 aliphatic rings. The van der Waals surface area contributed by atoms with E-state index in [-0.39, 0.29) is 0 Å². The highest BCUT2D eigenvalue weighted by Crippen LogP contribution is 2.24. The van der Waals surface area contributed by atoms with Gasteiger partial charge in [-0.25, -0.2) is 0 Å². The molecular weight excluding hydrogens is 236 g/mol. The Kier molecular flexibility index (Phi) is 6.06. The van der Waals surface area contributed by atoms with Crippen LogP contribution in [-0.4, -0.2) is 33.6 Å². The second-order valence-corrected chi connectivity index (χ2v) is 9.55. The van der Waals surface area contributed by atoms with Crippen molar-refractivity contribution in [3.8, 4) is 0 Å². The van der Waals surface area contributed by atoms with Gasteiger partial charge in [0, 0.05) is 6.67 Å². The first-order chi connectivity index (χ1) is 8.49. The Morgan fingerprint density at radius 2 is 1.61 bits per heavy atom. The van der Waals surface area contributed by atoms with Gasteiger partial charge in [-0.3, -0.25) is 4.90 Å². The molecule has 0 fully saturated rings. The van der Waals surface area contributed by atoms with Gasteiger partial charge in [-0.05, 0) is 23.3 Å². The van der Waals surface area contributed by atoms with Crippen molar-refractivity contribution in [1.29, 1.82) is 0 Å². The van der Waals surface area contributed by atoms with Crippen LogP contribution in [0.3, 0.4) is 0 Å². The molecule has 0 spiro atoms. The van der Waals surface area contributed by atoms with Crippen LogP contribution < -0.4 is 10.2 Å². The van der Waals surface area contributed by atoms with Gasteiger partial charge in [0.25, 0.3) is 0 Å². The van der Waals surface area contributed by atoms with Crippen LogP contribution in [0.25, 0.3) is 0 Å². The standard InChI is InChI=1S/C15H28N2Si/c1-6-17(7-2)13-16-18(15(3,4)5)14-11-9-8-10-12-14/h8-12,16,18H,6-7,13H2,1-5H3. The molecule has 0 bridgehead atoms. The minimum Gasteiger partial charge on any atom is -0.324 e. The van der Waals surface area contributed by atoms with Crippen molar-refractivity contribution in [3.63, 3.8) is 0 Å². The van der Waals surface area contributed by atoms with Gasteiger partial charge in [0.2, 0.25) is 0 Å². The Morgan fingerprint density at radius 3 is 2.06 bits per heavy atom. The summed E-state index contributed by atoms with van der Waals surface area (Å²) in [6, 6.07) is 11.0. The Balaban J connectivity index is 2.75. The average molecular weight is 264 g/mol. The lowest BCUT2D eigenvalue weighted by molar-refractivity contribution is 0.299. The summed E-state index contributed by atoms with van der Waals surface area (Å²) in [6.45, 7) is 14.7. The Morgan fingerprint density at radius 1 is 1.06 bits per heavy atom. The maximum absolute atomic E-state index is 3.84. The minimum atomic E-state index is -1.16. The van der Waals surface area contributed by atoms with Gasteiger partial charge in [-0.15, -0.1) is 0 Å². The van der Waals surface area contributed by atoms with Gasteiger partial charge in [-0.1, -0.05) is 65.0 Å². The van der Waals surface area contributed by atoms with Crippen molar-refractivity contribution in [2.45, 2.75) is 39.7 Å². The molecule has 1 aromatic rings. The molecule has 1 unspecified atom stereocenters. The Bertz CT molecular complexity index is 328. The Hall–Kier alpha value is -0.643. The summed E-state index contributed by atoms with van der Waals surface area (Å²) in [6.07, 6.45) is 0. The average Bonchev–Trinajstić information content (AvgIpc) is 2.34. The summed E-state index contributed by atoms with van der Waals surface area (Å²) in [5.41, 5.74) is 0. The fourth-order valence-electron chi connectivity index (χ4n) is 2.24. The molecule has 0 radical (unpaired) electrons. The van der Waals surface area contributed by atoms with E-state index in [1.165, 1.54) is 5.19 Å². The summed E-state index contributed by atoms with van der Waals surface area (Å²) in [5, 5.41) is 1.87. The maximum Gasteiger partial charge on any atom is 0.147 e. The minimum absolute atomic E-state index is 0.356. The number of benzene rings is 1. The second kappa shape index (κ2) is 7.07. The van der Waals surface area contributed by atoms with E-state index in [1.807, 2.05) is 0 Å². The van der Waals surface area contributed by atoms with Crippen molar-refractivity contribution in [3.05, 3.63) is 30.3 Å². The van der Waals surface area contributed by atoms with Crippen molar-refractivity contribution in [2.75, 3.05) is 19.8 Å². The molecule has 0 saturated carbocycles. The van der Waals surface area contributed by atoms with E-state index in [2.05, 4.69) is 74.8 Å². The first kappa shape index (κ1) is 15.4. The van der Waals surface area contributed by atoms with Gasteiger partial charge < -0.3 is 4.98 Å². The quantitative estimate of drug-likeness (QED) is 0.626. The second-order valence-electron chi connectivity index (χ2n) is 5.88. The van der Waals surface area contributed by atoms with Crippen LogP contribution in [0, 0.1) is 0 Å². The lowest BCUT2D eigenvalue weighted by atomic mass is 10.2. The van der Waals surface area contributed by atoms with E-state index in [0.717, 1.165) is 19.8 Å². The number of nitrogens with one attached hydrogen (secondary N) is 1. The molecule has 1 aromatic carbocycles. The lowest BCUT2D eigenvalue weighted by Gasteiger charge is -2.32. The number of hydrogen-bond acceptors (Lipinski definition) is 2. The zero-order valence-corrected chi connectivity index (χ0v) is 13.7. The molecule has 0 heterocycles. The molecule has 0 aliphatic carbocycles. The van der Waals surface area contributed by atoms with Crippen LogP contribution in [0.2, 0.25) is 5.04 Å². The zero-order chi connectivity index (χ0) is 13.6. The van der Waals surface area contributed by atoms with Gasteiger partial charge in [0.1, 0.15) is 8.96 Å². The van der Waals surface area contributed by atoms with Gasteiger partial charge in [0.05, 0.1) is 0 Å². The van der Waals surface area contributed by atoms with Crippen LogP contribution in [0.4, 0.5) is 0 Å². The fourth-order valence-corrected chi connectivity index (χ4v) is 5.13. The normalized spacial score (nSPS) is 13.9. The fraction of sp³-hybridized carbons (Fsp3) is 0.600. The smallest absolute Gasteiger partial charge is 0.147 e. The largest absolute Gasteiger partial charge is 0.324 e. The molecule has 0 aromatic heterocycles. The third kappa shape index (κ3) is 4.56. The molecule has 3 heteroatoms. The monoisotopic (exact) mass is 264 g/mol. The van der Waals surface area contributed by atoms with Gasteiger partial charge >= 0.3 is 0 Å². The third-order valence-corrected chi connectivity index (χ3v) is 6.79. The van der Waals surface area contributed by atoms with E-state index >= 15 is 0 Å². The lowest BCUT2D eigenvalue weighted by Crippen LogP contribution is -2.54. The topological polar surface area (TPSA) is 15.3 Å². The molecule has 2 nitrogen and oxygen atoms in total. The van der Waals surface area contributed by atoms with Crippen LogP contribution in [0.1, 0.15) is 34.6 Å². The summed E-state index contributed by atoms with van der Waals surface area (Å²) in [4.78, 5) is 6.28. The highest BCUT2D eigenvalue weighted by molar-refractivity contribution is 6.73. The third-order valence-electron chi connectivity index (χ3n) is 3.41. The molecule has 102 valence electrons. The molecule has 0 amide bonds. The van der Waals surface area contributed by atoms with E-state index in [0.29, 0.717) is 5.04 Å². The zero-order valence-electron chi connectivity index (χ0n) is 12.5. The van der Waals surface area contributed by atoms with E-state index in [4.69, 9.17) is 0 Å². The SMILES string of the molecule is CCN(CC)CN[SiH](c1ccccc1)C(C)(C)C. The molecule has 0 saturated heterocycles. The number of rotatable bonds is 6. The summed E-state index contributed by atoms with van der Waals surface area (Å²) >= 11 is 0. The predicted molar refractivity (Wildman–Crippen MR) is 83.9 cm³/mol.